The first-order chi connectivity index (χ1) is 9.81. The molecule has 0 bridgehead atoms. The van der Waals surface area contributed by atoms with E-state index in [9.17, 15) is 4.79 Å². The van der Waals surface area contributed by atoms with Crippen LogP contribution in [0.5, 0.6) is 0 Å². The van der Waals surface area contributed by atoms with Gasteiger partial charge in [-0.2, -0.15) is 0 Å². The first-order valence-electron chi connectivity index (χ1n) is 6.81. The van der Waals surface area contributed by atoms with Gasteiger partial charge in [0, 0.05) is 17.9 Å². The van der Waals surface area contributed by atoms with Crippen molar-refractivity contribution < 1.29 is 4.79 Å². The third-order valence-electron chi connectivity index (χ3n) is 3.61. The highest BCUT2D eigenvalue weighted by Crippen LogP contribution is 2.29. The molecule has 20 heavy (non-hydrogen) atoms. The van der Waals surface area contributed by atoms with E-state index in [0.29, 0.717) is 12.3 Å². The smallest absolute Gasteiger partial charge is 0.163 e. The molecule has 0 aromatic heterocycles. The summed E-state index contributed by atoms with van der Waals surface area (Å²) in [6.07, 6.45) is 1.23. The molecule has 0 aliphatic carbocycles. The minimum Gasteiger partial charge on any atom is -0.294 e. The summed E-state index contributed by atoms with van der Waals surface area (Å²) in [7, 11) is 0. The van der Waals surface area contributed by atoms with E-state index in [1.165, 1.54) is 5.39 Å². The van der Waals surface area contributed by atoms with Crippen LogP contribution in [0, 0.1) is 0 Å². The summed E-state index contributed by atoms with van der Waals surface area (Å²) in [4.78, 5) is 12.4. The van der Waals surface area contributed by atoms with Gasteiger partial charge < -0.3 is 0 Å². The summed E-state index contributed by atoms with van der Waals surface area (Å²) >= 11 is 5.69. The second kappa shape index (κ2) is 5.64. The first-order valence-corrected chi connectivity index (χ1v) is 7.34. The quantitative estimate of drug-likeness (QED) is 0.365. The molecule has 3 aromatic rings. The molecule has 0 aliphatic heterocycles. The number of alkyl halides is 1. The largest absolute Gasteiger partial charge is 0.294 e. The fraction of sp³-hybridized carbons (Fsp3) is 0.167. The molecule has 0 saturated carbocycles. The molecule has 3 rings (SSSR count). The Morgan fingerprint density at radius 1 is 0.900 bits per heavy atom. The Hall–Kier alpha value is -1.86. The molecule has 0 spiro atoms. The zero-order valence-electron chi connectivity index (χ0n) is 11.1. The lowest BCUT2D eigenvalue weighted by molar-refractivity contribution is 0.0983. The van der Waals surface area contributed by atoms with Crippen molar-refractivity contribution in [2.24, 2.45) is 0 Å². The molecule has 0 fully saturated rings. The van der Waals surface area contributed by atoms with Gasteiger partial charge in [-0.05, 0) is 34.0 Å². The number of ketones is 1. The van der Waals surface area contributed by atoms with Crippen LogP contribution in [0.4, 0.5) is 0 Å². The third kappa shape index (κ3) is 2.30. The highest BCUT2D eigenvalue weighted by Gasteiger charge is 2.12. The van der Waals surface area contributed by atoms with E-state index in [1.54, 1.807) is 0 Å². The summed E-state index contributed by atoms with van der Waals surface area (Å²) in [5.41, 5.74) is 0.810. The van der Waals surface area contributed by atoms with Crippen molar-refractivity contribution in [3.05, 3.63) is 60.2 Å². The van der Waals surface area contributed by atoms with E-state index in [1.807, 2.05) is 36.4 Å². The molecule has 3 aromatic carbocycles. The Labute approximate surface area is 123 Å². The number of fused-ring (bicyclic) bond motifs is 3. The van der Waals surface area contributed by atoms with Gasteiger partial charge >= 0.3 is 0 Å². The van der Waals surface area contributed by atoms with Crippen LogP contribution in [0.3, 0.4) is 0 Å². The van der Waals surface area contributed by atoms with Crippen LogP contribution in [-0.4, -0.2) is 11.7 Å². The second-order valence-electron chi connectivity index (χ2n) is 4.91. The Kier molecular flexibility index (Phi) is 3.70. The summed E-state index contributed by atoms with van der Waals surface area (Å²) in [5.74, 6) is 0.699. The van der Waals surface area contributed by atoms with Crippen molar-refractivity contribution in [1.82, 2.24) is 0 Å². The lowest BCUT2D eigenvalue weighted by Crippen LogP contribution is -2.01. The Bertz CT molecular complexity index is 777. The number of hydrogen-bond donors (Lipinski definition) is 0. The average molecular weight is 283 g/mol. The van der Waals surface area contributed by atoms with Crippen molar-refractivity contribution in [2.75, 3.05) is 5.88 Å². The van der Waals surface area contributed by atoms with Crippen LogP contribution in [0.25, 0.3) is 21.5 Å². The number of carbonyl (C=O) groups is 1. The second-order valence-corrected chi connectivity index (χ2v) is 5.28. The summed E-state index contributed by atoms with van der Waals surface area (Å²) in [6.45, 7) is 0. The Morgan fingerprint density at radius 3 is 2.30 bits per heavy atom. The van der Waals surface area contributed by atoms with Crippen LogP contribution in [0.1, 0.15) is 23.2 Å². The van der Waals surface area contributed by atoms with Crippen molar-refractivity contribution >= 4 is 38.9 Å². The molecular formula is C18H15ClO. The normalized spacial score (nSPS) is 11.1. The number of benzene rings is 3. The highest BCUT2D eigenvalue weighted by atomic mass is 35.5. The summed E-state index contributed by atoms with van der Waals surface area (Å²) in [5, 5.41) is 4.48. The van der Waals surface area contributed by atoms with E-state index in [-0.39, 0.29) is 5.78 Å². The maximum absolute atomic E-state index is 12.4. The fourth-order valence-electron chi connectivity index (χ4n) is 2.65. The fourth-order valence-corrected chi connectivity index (χ4v) is 2.78. The average Bonchev–Trinajstić information content (AvgIpc) is 2.52. The van der Waals surface area contributed by atoms with Gasteiger partial charge in [0.25, 0.3) is 0 Å². The van der Waals surface area contributed by atoms with Crippen molar-refractivity contribution in [1.29, 1.82) is 0 Å². The lowest BCUT2D eigenvalue weighted by Gasteiger charge is -2.09. The predicted molar refractivity (Wildman–Crippen MR) is 85.7 cm³/mol. The van der Waals surface area contributed by atoms with E-state index < -0.39 is 0 Å². The zero-order valence-corrected chi connectivity index (χ0v) is 11.9. The van der Waals surface area contributed by atoms with Crippen molar-refractivity contribution in [3.63, 3.8) is 0 Å². The molecule has 0 radical (unpaired) electrons. The van der Waals surface area contributed by atoms with Crippen molar-refractivity contribution in [2.45, 2.75) is 12.8 Å². The van der Waals surface area contributed by atoms with Crippen LogP contribution in [0.15, 0.2) is 54.6 Å². The van der Waals surface area contributed by atoms with Gasteiger partial charge in [0.15, 0.2) is 5.78 Å². The van der Waals surface area contributed by atoms with Gasteiger partial charge in [0.1, 0.15) is 0 Å². The molecule has 0 heterocycles. The molecule has 100 valence electrons. The minimum absolute atomic E-state index is 0.174. The predicted octanol–water partition coefficient (Wildman–Crippen LogP) is 5.19. The number of Topliss-reactive ketones (excluding diaryl/α,β-unsaturated/α-hetero) is 1. The van der Waals surface area contributed by atoms with Crippen LogP contribution in [0.2, 0.25) is 0 Å². The molecule has 0 unspecified atom stereocenters. The number of halogens is 1. The summed E-state index contributed by atoms with van der Waals surface area (Å²) < 4.78 is 0. The molecule has 0 saturated heterocycles. The molecule has 1 nitrogen and oxygen atoms in total. The standard InChI is InChI=1S/C18H15ClO/c19-11-5-10-18(20)17-12-13-6-1-2-7-14(13)15-8-3-4-9-16(15)17/h1-4,6-9,12H,5,10-11H2. The monoisotopic (exact) mass is 282 g/mol. The van der Waals surface area contributed by atoms with E-state index in [2.05, 4.69) is 18.2 Å². The number of carbonyl (C=O) groups excluding carboxylic acids is 1. The third-order valence-corrected chi connectivity index (χ3v) is 3.87. The van der Waals surface area contributed by atoms with E-state index in [4.69, 9.17) is 11.6 Å². The Morgan fingerprint density at radius 2 is 1.55 bits per heavy atom. The van der Waals surface area contributed by atoms with Crippen LogP contribution in [-0.2, 0) is 0 Å². The lowest BCUT2D eigenvalue weighted by atomic mass is 9.94. The van der Waals surface area contributed by atoms with E-state index >= 15 is 0 Å². The van der Waals surface area contributed by atoms with Gasteiger partial charge in [-0.15, -0.1) is 11.6 Å². The molecule has 0 N–H and O–H groups in total. The van der Waals surface area contributed by atoms with E-state index in [0.717, 1.165) is 28.1 Å². The Balaban J connectivity index is 2.26. The molecule has 0 amide bonds. The topological polar surface area (TPSA) is 17.1 Å². The van der Waals surface area contributed by atoms with Gasteiger partial charge in [-0.25, -0.2) is 0 Å². The zero-order chi connectivity index (χ0) is 13.9. The minimum atomic E-state index is 0.174. The van der Waals surface area contributed by atoms with Crippen LogP contribution < -0.4 is 0 Å². The molecule has 2 heteroatoms. The molecule has 0 atom stereocenters. The van der Waals surface area contributed by atoms with Crippen LogP contribution >= 0.6 is 11.6 Å². The van der Waals surface area contributed by atoms with Gasteiger partial charge in [-0.3, -0.25) is 4.79 Å². The number of hydrogen-bond acceptors (Lipinski definition) is 1. The molecule has 0 aliphatic rings. The van der Waals surface area contributed by atoms with Gasteiger partial charge in [0.2, 0.25) is 0 Å². The van der Waals surface area contributed by atoms with Crippen molar-refractivity contribution in [3.8, 4) is 0 Å². The maximum atomic E-state index is 12.4. The summed E-state index contributed by atoms with van der Waals surface area (Å²) in [6, 6.07) is 18.3. The first kappa shape index (κ1) is 13.1. The van der Waals surface area contributed by atoms with Gasteiger partial charge in [0.05, 0.1) is 0 Å². The molecular weight excluding hydrogens is 268 g/mol. The SMILES string of the molecule is O=C(CCCCl)c1cc2ccccc2c2ccccc12. The maximum Gasteiger partial charge on any atom is 0.163 e. The highest BCUT2D eigenvalue weighted by molar-refractivity contribution is 6.19. The number of rotatable bonds is 4. The van der Waals surface area contributed by atoms with Gasteiger partial charge in [-0.1, -0.05) is 48.5 Å².